The summed E-state index contributed by atoms with van der Waals surface area (Å²) in [6.45, 7) is 0. The summed E-state index contributed by atoms with van der Waals surface area (Å²) in [5.41, 5.74) is 1.51. The van der Waals surface area contributed by atoms with E-state index in [9.17, 15) is 4.79 Å². The normalized spacial score (nSPS) is 11.2. The molecule has 0 unspecified atom stereocenters. The van der Waals surface area contributed by atoms with Crippen LogP contribution in [0, 0.1) is 0 Å². The van der Waals surface area contributed by atoms with Crippen molar-refractivity contribution in [2.24, 2.45) is 0 Å². The van der Waals surface area contributed by atoms with E-state index in [0.29, 0.717) is 0 Å². The van der Waals surface area contributed by atoms with Gasteiger partial charge in [-0.3, -0.25) is 4.79 Å². The number of aliphatic carboxylic acids is 1. The fourth-order valence-electron chi connectivity index (χ4n) is 1.24. The minimum Gasteiger partial charge on any atom is -0.481 e. The van der Waals surface area contributed by atoms with Gasteiger partial charge in [0.05, 0.1) is 18.3 Å². The molecule has 0 spiro atoms. The second-order valence-corrected chi connectivity index (χ2v) is 2.98. The first-order valence-corrected chi connectivity index (χ1v) is 4.44. The average Bonchev–Trinajstić information content (AvgIpc) is 2.62. The summed E-state index contributed by atoms with van der Waals surface area (Å²) < 4.78 is 1.65. The smallest absolute Gasteiger partial charge is 0.307 e. The van der Waals surface area contributed by atoms with Crippen LogP contribution in [-0.2, 0) is 4.79 Å². The van der Waals surface area contributed by atoms with E-state index in [-0.39, 0.29) is 6.42 Å². The molecule has 15 heavy (non-hydrogen) atoms. The lowest BCUT2D eigenvalue weighted by molar-refractivity contribution is -0.135. The first kappa shape index (κ1) is 9.39. The van der Waals surface area contributed by atoms with Crippen LogP contribution in [0.5, 0.6) is 0 Å². The van der Waals surface area contributed by atoms with Gasteiger partial charge in [-0.25, -0.2) is 9.50 Å². The Bertz CT molecular complexity index is 516. The molecule has 2 aromatic rings. The molecule has 0 radical (unpaired) electrons. The van der Waals surface area contributed by atoms with Gasteiger partial charge in [-0.1, -0.05) is 6.08 Å². The van der Waals surface area contributed by atoms with E-state index in [1.165, 1.54) is 0 Å². The summed E-state index contributed by atoms with van der Waals surface area (Å²) in [5, 5.41) is 12.6. The molecule has 0 saturated carbocycles. The van der Waals surface area contributed by atoms with E-state index in [0.717, 1.165) is 11.3 Å². The third-order valence-corrected chi connectivity index (χ3v) is 1.89. The molecule has 0 amide bonds. The molecule has 0 aromatic carbocycles. The van der Waals surface area contributed by atoms with E-state index < -0.39 is 5.97 Å². The number of imidazole rings is 1. The molecule has 5 heteroatoms. The molecule has 0 bridgehead atoms. The van der Waals surface area contributed by atoms with Crippen molar-refractivity contribution < 1.29 is 9.90 Å². The van der Waals surface area contributed by atoms with Gasteiger partial charge in [-0.2, -0.15) is 5.10 Å². The zero-order valence-corrected chi connectivity index (χ0v) is 7.87. The van der Waals surface area contributed by atoms with E-state index in [2.05, 4.69) is 10.1 Å². The monoisotopic (exact) mass is 203 g/mol. The standard InChI is InChI=1S/C10H9N3O2/c14-10(15)5-1-3-8-7-11-9-4-2-6-12-13(8)9/h1-4,6-7H,5H2,(H,14,15). The molecule has 0 aliphatic heterocycles. The summed E-state index contributed by atoms with van der Waals surface area (Å²) in [6.07, 6.45) is 6.57. The molecule has 0 aliphatic carbocycles. The second kappa shape index (κ2) is 3.91. The van der Waals surface area contributed by atoms with Gasteiger partial charge in [0, 0.05) is 6.20 Å². The highest BCUT2D eigenvalue weighted by Crippen LogP contribution is 2.05. The van der Waals surface area contributed by atoms with Crippen LogP contribution in [0.1, 0.15) is 12.1 Å². The molecule has 76 valence electrons. The molecule has 2 heterocycles. The quantitative estimate of drug-likeness (QED) is 0.814. The fourth-order valence-corrected chi connectivity index (χ4v) is 1.24. The number of nitrogens with zero attached hydrogens (tertiary/aromatic N) is 3. The molecule has 0 saturated heterocycles. The Balaban J connectivity index is 2.28. The number of carboxylic acids is 1. The molecule has 2 rings (SSSR count). The number of carboxylic acid groups (broad SMARTS) is 1. The number of rotatable bonds is 3. The lowest BCUT2D eigenvalue weighted by Gasteiger charge is -1.92. The van der Waals surface area contributed by atoms with Crippen molar-refractivity contribution in [3.8, 4) is 0 Å². The minimum absolute atomic E-state index is 0.0000664. The van der Waals surface area contributed by atoms with Crippen molar-refractivity contribution in [3.63, 3.8) is 0 Å². The highest BCUT2D eigenvalue weighted by atomic mass is 16.4. The average molecular weight is 203 g/mol. The van der Waals surface area contributed by atoms with Crippen molar-refractivity contribution in [2.75, 3.05) is 0 Å². The third-order valence-electron chi connectivity index (χ3n) is 1.89. The predicted molar refractivity (Wildman–Crippen MR) is 54.3 cm³/mol. The maximum atomic E-state index is 10.3. The van der Waals surface area contributed by atoms with Gasteiger partial charge in [0.1, 0.15) is 0 Å². The van der Waals surface area contributed by atoms with Gasteiger partial charge in [-0.05, 0) is 18.2 Å². The summed E-state index contributed by atoms with van der Waals surface area (Å²) in [6, 6.07) is 3.63. The number of fused-ring (bicyclic) bond motifs is 1. The Labute approximate surface area is 85.7 Å². The van der Waals surface area contributed by atoms with Crippen molar-refractivity contribution in [1.82, 2.24) is 14.6 Å². The zero-order valence-electron chi connectivity index (χ0n) is 7.87. The van der Waals surface area contributed by atoms with Crippen LogP contribution in [0.15, 0.2) is 30.6 Å². The summed E-state index contributed by atoms with van der Waals surface area (Å²) in [4.78, 5) is 14.4. The third kappa shape index (κ3) is 2.01. The molecule has 2 aromatic heterocycles. The van der Waals surface area contributed by atoms with E-state index in [1.807, 2.05) is 6.07 Å². The number of hydrogen-bond acceptors (Lipinski definition) is 3. The van der Waals surface area contributed by atoms with Crippen LogP contribution in [0.4, 0.5) is 0 Å². The Morgan fingerprint density at radius 1 is 1.60 bits per heavy atom. The fraction of sp³-hybridized carbons (Fsp3) is 0.100. The predicted octanol–water partition coefficient (Wildman–Crippen LogP) is 1.22. The van der Waals surface area contributed by atoms with Gasteiger partial charge in [0.2, 0.25) is 0 Å². The number of carbonyl (C=O) groups is 1. The summed E-state index contributed by atoms with van der Waals surface area (Å²) >= 11 is 0. The van der Waals surface area contributed by atoms with Gasteiger partial charge in [-0.15, -0.1) is 0 Å². The Hall–Kier alpha value is -2.17. The van der Waals surface area contributed by atoms with Crippen LogP contribution in [0.2, 0.25) is 0 Å². The maximum absolute atomic E-state index is 10.3. The van der Waals surface area contributed by atoms with Crippen molar-refractivity contribution in [2.45, 2.75) is 6.42 Å². The number of hydrogen-bond donors (Lipinski definition) is 1. The Kier molecular flexibility index (Phi) is 2.45. The van der Waals surface area contributed by atoms with Gasteiger partial charge >= 0.3 is 5.97 Å². The van der Waals surface area contributed by atoms with Crippen LogP contribution in [0.3, 0.4) is 0 Å². The van der Waals surface area contributed by atoms with Crippen molar-refractivity contribution >= 4 is 17.7 Å². The molecule has 1 N–H and O–H groups in total. The van der Waals surface area contributed by atoms with Crippen LogP contribution < -0.4 is 0 Å². The van der Waals surface area contributed by atoms with Crippen LogP contribution >= 0.6 is 0 Å². The molecule has 0 aliphatic rings. The topological polar surface area (TPSA) is 67.5 Å². The Morgan fingerprint density at radius 3 is 3.27 bits per heavy atom. The summed E-state index contributed by atoms with van der Waals surface area (Å²) in [5.74, 6) is -0.854. The van der Waals surface area contributed by atoms with E-state index in [1.54, 1.807) is 35.1 Å². The first-order valence-electron chi connectivity index (χ1n) is 4.44. The van der Waals surface area contributed by atoms with Crippen molar-refractivity contribution in [1.29, 1.82) is 0 Å². The van der Waals surface area contributed by atoms with E-state index in [4.69, 9.17) is 5.11 Å². The molecule has 0 fully saturated rings. The van der Waals surface area contributed by atoms with Gasteiger partial charge in [0.25, 0.3) is 0 Å². The number of aromatic nitrogens is 3. The maximum Gasteiger partial charge on any atom is 0.307 e. The van der Waals surface area contributed by atoms with Crippen LogP contribution in [-0.4, -0.2) is 25.7 Å². The second-order valence-electron chi connectivity index (χ2n) is 2.98. The zero-order chi connectivity index (χ0) is 10.7. The van der Waals surface area contributed by atoms with Gasteiger partial charge < -0.3 is 5.11 Å². The molecule has 0 atom stereocenters. The minimum atomic E-state index is -0.854. The SMILES string of the molecule is O=C(O)CC=Cc1cnc2cccnn12. The lowest BCUT2D eigenvalue weighted by Crippen LogP contribution is -1.92. The highest BCUT2D eigenvalue weighted by Gasteiger charge is 1.99. The molecule has 5 nitrogen and oxygen atoms in total. The van der Waals surface area contributed by atoms with Gasteiger partial charge in [0.15, 0.2) is 5.65 Å². The highest BCUT2D eigenvalue weighted by molar-refractivity contribution is 5.70. The lowest BCUT2D eigenvalue weighted by atomic mass is 10.3. The molecular formula is C10H9N3O2. The largest absolute Gasteiger partial charge is 0.481 e. The van der Waals surface area contributed by atoms with E-state index >= 15 is 0 Å². The summed E-state index contributed by atoms with van der Waals surface area (Å²) in [7, 11) is 0. The van der Waals surface area contributed by atoms with Crippen molar-refractivity contribution in [3.05, 3.63) is 36.3 Å². The Morgan fingerprint density at radius 2 is 2.47 bits per heavy atom. The van der Waals surface area contributed by atoms with Crippen LogP contribution in [0.25, 0.3) is 11.7 Å². The molecular weight excluding hydrogens is 194 g/mol. The first-order chi connectivity index (χ1) is 7.27.